The molecule has 4 rings (SSSR count). The van der Waals surface area contributed by atoms with E-state index < -0.39 is 11.9 Å². The summed E-state index contributed by atoms with van der Waals surface area (Å²) in [4.78, 5) is 19.3. The Balaban J connectivity index is 1.92. The second kappa shape index (κ2) is 7.51. The number of nitrogens with one attached hydrogen (secondary N) is 2. The number of fused-ring (bicyclic) bond motifs is 2. The molecule has 3 aromatic rings. The molecule has 0 unspecified atom stereocenters. The van der Waals surface area contributed by atoms with Gasteiger partial charge in [0.05, 0.1) is 18.7 Å². The van der Waals surface area contributed by atoms with Gasteiger partial charge in [-0.2, -0.15) is 5.26 Å². The van der Waals surface area contributed by atoms with Crippen molar-refractivity contribution in [3.63, 3.8) is 0 Å². The molecule has 0 saturated heterocycles. The number of H-pyrrole nitrogens is 1. The molecule has 3 heterocycles. The Kier molecular flexibility index (Phi) is 4.87. The van der Waals surface area contributed by atoms with Crippen LogP contribution in [0.25, 0.3) is 5.65 Å². The predicted octanol–water partition coefficient (Wildman–Crippen LogP) is 1.28. The number of nitrogens with zero attached hydrogens (tertiary/aromatic N) is 4. The summed E-state index contributed by atoms with van der Waals surface area (Å²) in [6, 6.07) is 6.41. The number of ether oxygens (including phenoxy) is 1. The molecule has 1 aliphatic rings. The molecular weight excluding hydrogens is 389 g/mol. The van der Waals surface area contributed by atoms with Crippen LogP contribution in [0.1, 0.15) is 35.3 Å². The summed E-state index contributed by atoms with van der Waals surface area (Å²) in [5, 5.41) is 15.2. The molecule has 10 heteroatoms. The number of amides is 1. The predicted molar refractivity (Wildman–Crippen MR) is 106 cm³/mol. The van der Waals surface area contributed by atoms with Crippen LogP contribution in [0.15, 0.2) is 24.4 Å². The molecule has 0 radical (unpaired) electrons. The number of carbonyl (C=O) groups is 1. The SMILES string of the molecule is CCN1Cc2c(ccc(F)c2C#N)O[C@@H](C)CNC(=O)c2c(N)[nH][n+]3ccc1nc23. The van der Waals surface area contributed by atoms with E-state index in [-0.39, 0.29) is 35.9 Å². The van der Waals surface area contributed by atoms with Crippen molar-refractivity contribution in [2.75, 3.05) is 23.7 Å². The molecule has 0 spiro atoms. The maximum Gasteiger partial charge on any atom is 0.365 e. The Morgan fingerprint density at radius 3 is 3.00 bits per heavy atom. The maximum atomic E-state index is 14.4. The summed E-state index contributed by atoms with van der Waals surface area (Å²) < 4.78 is 21.9. The molecule has 1 aromatic carbocycles. The smallest absolute Gasteiger partial charge is 0.365 e. The highest BCUT2D eigenvalue weighted by Crippen LogP contribution is 2.29. The van der Waals surface area contributed by atoms with Crippen molar-refractivity contribution >= 4 is 23.2 Å². The van der Waals surface area contributed by atoms with Crippen molar-refractivity contribution in [1.82, 2.24) is 15.4 Å². The first-order valence-electron chi connectivity index (χ1n) is 9.54. The molecule has 9 nitrogen and oxygen atoms in total. The lowest BCUT2D eigenvalue weighted by Crippen LogP contribution is -2.34. The minimum atomic E-state index is -0.610. The van der Waals surface area contributed by atoms with Crippen molar-refractivity contribution in [3.05, 3.63) is 46.9 Å². The summed E-state index contributed by atoms with van der Waals surface area (Å²) in [6.07, 6.45) is 1.28. The van der Waals surface area contributed by atoms with Crippen LogP contribution in [0.5, 0.6) is 5.75 Å². The van der Waals surface area contributed by atoms with Gasteiger partial charge in [-0.1, -0.05) is 0 Å². The molecule has 154 valence electrons. The molecule has 0 aliphatic carbocycles. The fraction of sp³-hybridized carbons (Fsp3) is 0.300. The van der Waals surface area contributed by atoms with E-state index >= 15 is 0 Å². The Labute approximate surface area is 171 Å². The highest BCUT2D eigenvalue weighted by atomic mass is 19.1. The van der Waals surface area contributed by atoms with E-state index in [2.05, 4.69) is 15.4 Å². The van der Waals surface area contributed by atoms with Crippen LogP contribution < -0.4 is 25.2 Å². The van der Waals surface area contributed by atoms with Gasteiger partial charge in [0.25, 0.3) is 5.91 Å². The van der Waals surface area contributed by atoms with E-state index in [1.807, 2.05) is 17.9 Å². The Hall–Kier alpha value is -3.87. The molecule has 2 bridgehead atoms. The molecule has 0 fully saturated rings. The van der Waals surface area contributed by atoms with E-state index in [4.69, 9.17) is 10.5 Å². The highest BCUT2D eigenvalue weighted by molar-refractivity contribution is 6.03. The lowest BCUT2D eigenvalue weighted by Gasteiger charge is -2.23. The molecular formula is C20H21FN7O2+. The number of nitrogen functional groups attached to an aromatic ring is 1. The van der Waals surface area contributed by atoms with Crippen LogP contribution in [-0.2, 0) is 6.54 Å². The number of benzene rings is 1. The third-order valence-corrected chi connectivity index (χ3v) is 5.05. The molecule has 1 amide bonds. The van der Waals surface area contributed by atoms with Gasteiger partial charge in [0, 0.05) is 18.2 Å². The number of hydrogen-bond donors (Lipinski definition) is 3. The molecule has 30 heavy (non-hydrogen) atoms. The van der Waals surface area contributed by atoms with Gasteiger partial charge in [0.2, 0.25) is 5.82 Å². The standard InChI is InChI=1S/C20H20FN7O2/c1-3-27-10-13-12(8-22)14(21)4-5-15(13)30-11(2)9-24-20(29)17-18(23)26-28-7-6-16(27)25-19(17)28/h4-7,11H,3,9-10H2,1-2H3,(H3,23,24,26,29)/p+1/t11-/m0/s1. The van der Waals surface area contributed by atoms with E-state index in [1.54, 1.807) is 23.7 Å². The molecule has 1 atom stereocenters. The second-order valence-corrected chi connectivity index (χ2v) is 7.04. The number of hydrogen-bond acceptors (Lipinski definition) is 6. The first-order valence-corrected chi connectivity index (χ1v) is 9.54. The van der Waals surface area contributed by atoms with Gasteiger partial charge < -0.3 is 20.7 Å². The Morgan fingerprint density at radius 2 is 2.27 bits per heavy atom. The number of halogens is 1. The summed E-state index contributed by atoms with van der Waals surface area (Å²) in [7, 11) is 0. The van der Waals surface area contributed by atoms with Crippen LogP contribution in [0.2, 0.25) is 0 Å². The van der Waals surface area contributed by atoms with Gasteiger partial charge >= 0.3 is 5.65 Å². The molecule has 2 aromatic heterocycles. The van der Waals surface area contributed by atoms with Crippen LogP contribution in [0.3, 0.4) is 0 Å². The number of nitriles is 1. The minimum absolute atomic E-state index is 0.0703. The monoisotopic (exact) mass is 410 g/mol. The summed E-state index contributed by atoms with van der Waals surface area (Å²) in [6.45, 7) is 4.62. The van der Waals surface area contributed by atoms with Gasteiger partial charge in [0.1, 0.15) is 29.9 Å². The van der Waals surface area contributed by atoms with Crippen molar-refractivity contribution < 1.29 is 18.4 Å². The summed E-state index contributed by atoms with van der Waals surface area (Å²) >= 11 is 0. The molecule has 1 aliphatic heterocycles. The number of carbonyl (C=O) groups excluding carboxylic acids is 1. The summed E-state index contributed by atoms with van der Waals surface area (Å²) in [5.74, 6) is 0.145. The van der Waals surface area contributed by atoms with Gasteiger partial charge in [-0.25, -0.2) is 9.49 Å². The van der Waals surface area contributed by atoms with Crippen molar-refractivity contribution in [1.29, 1.82) is 5.26 Å². The lowest BCUT2D eigenvalue weighted by atomic mass is 10.1. The van der Waals surface area contributed by atoms with Gasteiger partial charge in [-0.3, -0.25) is 4.79 Å². The van der Waals surface area contributed by atoms with E-state index in [1.165, 1.54) is 12.1 Å². The second-order valence-electron chi connectivity index (χ2n) is 7.04. The fourth-order valence-electron chi connectivity index (χ4n) is 3.50. The highest BCUT2D eigenvalue weighted by Gasteiger charge is 2.29. The zero-order chi connectivity index (χ0) is 21.4. The number of rotatable bonds is 1. The van der Waals surface area contributed by atoms with Crippen molar-refractivity contribution in [3.8, 4) is 11.8 Å². The number of aromatic nitrogens is 3. The zero-order valence-electron chi connectivity index (χ0n) is 16.6. The van der Waals surface area contributed by atoms with Gasteiger partial charge in [0.15, 0.2) is 11.4 Å². The topological polar surface area (TPSA) is 124 Å². The Morgan fingerprint density at radius 1 is 1.47 bits per heavy atom. The normalized spacial score (nSPS) is 16.7. The van der Waals surface area contributed by atoms with Crippen LogP contribution >= 0.6 is 0 Å². The van der Waals surface area contributed by atoms with Gasteiger partial charge in [-0.05, 0) is 31.0 Å². The lowest BCUT2D eigenvalue weighted by molar-refractivity contribution is -0.577. The third kappa shape index (κ3) is 3.24. The number of anilines is 2. The maximum absolute atomic E-state index is 14.4. The number of nitrogens with two attached hydrogens (primary N) is 1. The van der Waals surface area contributed by atoms with E-state index in [0.29, 0.717) is 29.3 Å². The number of aromatic amines is 1. The quantitative estimate of drug-likeness (QED) is 0.519. The first kappa shape index (κ1) is 19.4. The van der Waals surface area contributed by atoms with Crippen molar-refractivity contribution in [2.45, 2.75) is 26.5 Å². The molecule has 0 saturated carbocycles. The summed E-state index contributed by atoms with van der Waals surface area (Å²) in [5.41, 5.74) is 6.99. The van der Waals surface area contributed by atoms with Gasteiger partial charge in [-0.15, -0.1) is 4.52 Å². The largest absolute Gasteiger partial charge is 0.488 e. The average molecular weight is 410 g/mol. The first-order chi connectivity index (χ1) is 14.4. The zero-order valence-corrected chi connectivity index (χ0v) is 16.6. The van der Waals surface area contributed by atoms with Crippen LogP contribution in [0.4, 0.5) is 16.0 Å². The fourth-order valence-corrected chi connectivity index (χ4v) is 3.50. The third-order valence-electron chi connectivity index (χ3n) is 5.05. The van der Waals surface area contributed by atoms with Crippen LogP contribution in [-0.4, -0.2) is 35.2 Å². The average Bonchev–Trinajstić information content (AvgIpc) is 3.06. The van der Waals surface area contributed by atoms with Crippen molar-refractivity contribution in [2.24, 2.45) is 0 Å². The van der Waals surface area contributed by atoms with E-state index in [9.17, 15) is 14.4 Å². The van der Waals surface area contributed by atoms with Crippen LogP contribution in [0, 0.1) is 17.1 Å². The van der Waals surface area contributed by atoms with E-state index in [0.717, 1.165) is 0 Å². The Bertz CT molecular complexity index is 1180. The molecule has 4 N–H and O–H groups in total. The minimum Gasteiger partial charge on any atom is -0.488 e.